The van der Waals surface area contributed by atoms with Crippen molar-refractivity contribution in [1.29, 1.82) is 0 Å². The summed E-state index contributed by atoms with van der Waals surface area (Å²) in [6.45, 7) is 8.05. The Morgan fingerprint density at radius 1 is 1.78 bits per heavy atom. The summed E-state index contributed by atoms with van der Waals surface area (Å²) in [7, 11) is 0. The molecular formula is C7H12O2. The molecule has 0 fully saturated rings. The molecule has 1 unspecified atom stereocenters. The van der Waals surface area contributed by atoms with Crippen LogP contribution in [0.1, 0.15) is 6.92 Å². The molecule has 0 radical (unpaired) electrons. The zero-order valence-corrected chi connectivity index (χ0v) is 5.59. The first-order chi connectivity index (χ1) is 4.04. The molecule has 2 nitrogen and oxygen atoms in total. The number of hydrogen-bond donors (Lipinski definition) is 2. The van der Waals surface area contributed by atoms with Crippen LogP contribution in [0.25, 0.3) is 0 Å². The van der Waals surface area contributed by atoms with Crippen LogP contribution in [0.4, 0.5) is 0 Å². The van der Waals surface area contributed by atoms with E-state index in [-0.39, 0.29) is 6.61 Å². The Morgan fingerprint density at radius 2 is 2.22 bits per heavy atom. The molecule has 0 saturated carbocycles. The predicted octanol–water partition coefficient (Wildman–Crippen LogP) is 0.472. The molecule has 0 aromatic carbocycles. The number of rotatable bonds is 3. The van der Waals surface area contributed by atoms with Crippen LogP contribution >= 0.6 is 0 Å². The van der Waals surface area contributed by atoms with Crippen molar-refractivity contribution >= 4 is 0 Å². The SMILES string of the molecule is C=CC(=C)C(C)(O)CO. The van der Waals surface area contributed by atoms with Gasteiger partial charge in [0.2, 0.25) is 0 Å². The lowest BCUT2D eigenvalue weighted by Crippen LogP contribution is -2.29. The molecule has 0 bridgehead atoms. The molecule has 0 heterocycles. The molecular weight excluding hydrogens is 116 g/mol. The van der Waals surface area contributed by atoms with E-state index in [0.29, 0.717) is 5.57 Å². The van der Waals surface area contributed by atoms with Crippen molar-refractivity contribution in [3.63, 3.8) is 0 Å². The molecule has 0 aliphatic rings. The van der Waals surface area contributed by atoms with Gasteiger partial charge in [-0.05, 0) is 12.5 Å². The molecule has 0 saturated heterocycles. The Kier molecular flexibility index (Phi) is 2.62. The lowest BCUT2D eigenvalue weighted by molar-refractivity contribution is 0.0367. The highest BCUT2D eigenvalue weighted by molar-refractivity contribution is 5.22. The zero-order chi connectivity index (χ0) is 7.49. The molecule has 0 aromatic heterocycles. The van der Waals surface area contributed by atoms with Gasteiger partial charge in [-0.3, -0.25) is 0 Å². The van der Waals surface area contributed by atoms with E-state index in [4.69, 9.17) is 5.11 Å². The third-order valence-electron chi connectivity index (χ3n) is 1.25. The first kappa shape index (κ1) is 8.40. The average molecular weight is 128 g/mol. The van der Waals surface area contributed by atoms with Crippen LogP contribution in [-0.2, 0) is 0 Å². The maximum Gasteiger partial charge on any atom is 0.109 e. The summed E-state index contributed by atoms with van der Waals surface area (Å²) in [5.74, 6) is 0. The van der Waals surface area contributed by atoms with Crippen LogP contribution in [0.15, 0.2) is 24.8 Å². The van der Waals surface area contributed by atoms with Gasteiger partial charge < -0.3 is 10.2 Å². The Balaban J connectivity index is 4.13. The Morgan fingerprint density at radius 3 is 2.33 bits per heavy atom. The lowest BCUT2D eigenvalue weighted by Gasteiger charge is -2.19. The molecule has 0 aliphatic carbocycles. The predicted molar refractivity (Wildman–Crippen MR) is 37.0 cm³/mol. The Labute approximate surface area is 55.1 Å². The van der Waals surface area contributed by atoms with Gasteiger partial charge in [0.25, 0.3) is 0 Å². The molecule has 9 heavy (non-hydrogen) atoms. The van der Waals surface area contributed by atoms with Gasteiger partial charge in [-0.15, -0.1) is 0 Å². The third-order valence-corrected chi connectivity index (χ3v) is 1.25. The van der Waals surface area contributed by atoms with Crippen molar-refractivity contribution in [2.24, 2.45) is 0 Å². The number of aliphatic hydroxyl groups excluding tert-OH is 1. The summed E-state index contributed by atoms with van der Waals surface area (Å²) in [6.07, 6.45) is 1.43. The van der Waals surface area contributed by atoms with E-state index in [1.165, 1.54) is 13.0 Å². The summed E-state index contributed by atoms with van der Waals surface area (Å²) < 4.78 is 0. The standard InChI is InChI=1S/C7H12O2/c1-4-6(2)7(3,9)5-8/h4,8-9H,1-2,5H2,3H3. The minimum Gasteiger partial charge on any atom is -0.393 e. The number of aliphatic hydroxyl groups is 2. The van der Waals surface area contributed by atoms with Gasteiger partial charge in [-0.1, -0.05) is 19.2 Å². The molecule has 2 heteroatoms. The molecule has 0 aliphatic heterocycles. The van der Waals surface area contributed by atoms with Crippen molar-refractivity contribution in [3.8, 4) is 0 Å². The van der Waals surface area contributed by atoms with Crippen LogP contribution in [0.5, 0.6) is 0 Å². The van der Waals surface area contributed by atoms with Gasteiger partial charge in [0, 0.05) is 0 Å². The normalized spacial score (nSPS) is 16.3. The topological polar surface area (TPSA) is 40.5 Å². The quantitative estimate of drug-likeness (QED) is 0.542. The Bertz CT molecular complexity index is 125. The monoisotopic (exact) mass is 128 g/mol. The summed E-state index contributed by atoms with van der Waals surface area (Å²) >= 11 is 0. The van der Waals surface area contributed by atoms with E-state index < -0.39 is 5.60 Å². The van der Waals surface area contributed by atoms with Gasteiger partial charge in [0.15, 0.2) is 0 Å². The average Bonchev–Trinajstić information content (AvgIpc) is 1.86. The van der Waals surface area contributed by atoms with Crippen LogP contribution in [0.3, 0.4) is 0 Å². The largest absolute Gasteiger partial charge is 0.393 e. The van der Waals surface area contributed by atoms with Crippen molar-refractivity contribution < 1.29 is 10.2 Å². The van der Waals surface area contributed by atoms with Crippen molar-refractivity contribution in [3.05, 3.63) is 24.8 Å². The van der Waals surface area contributed by atoms with Gasteiger partial charge in [-0.2, -0.15) is 0 Å². The van der Waals surface area contributed by atoms with Crippen molar-refractivity contribution in [1.82, 2.24) is 0 Å². The highest BCUT2D eigenvalue weighted by Gasteiger charge is 2.19. The second-order valence-corrected chi connectivity index (χ2v) is 2.16. The van der Waals surface area contributed by atoms with E-state index >= 15 is 0 Å². The first-order valence-electron chi connectivity index (χ1n) is 2.69. The van der Waals surface area contributed by atoms with Gasteiger partial charge in [0.1, 0.15) is 5.60 Å². The van der Waals surface area contributed by atoms with E-state index in [2.05, 4.69) is 13.2 Å². The van der Waals surface area contributed by atoms with Crippen LogP contribution in [0, 0.1) is 0 Å². The highest BCUT2D eigenvalue weighted by atomic mass is 16.3. The van der Waals surface area contributed by atoms with Gasteiger partial charge in [-0.25, -0.2) is 0 Å². The maximum atomic E-state index is 9.17. The van der Waals surface area contributed by atoms with Gasteiger partial charge >= 0.3 is 0 Å². The van der Waals surface area contributed by atoms with Crippen LogP contribution in [-0.4, -0.2) is 22.4 Å². The smallest absolute Gasteiger partial charge is 0.109 e. The molecule has 2 N–H and O–H groups in total. The minimum atomic E-state index is -1.21. The molecule has 52 valence electrons. The van der Waals surface area contributed by atoms with Crippen LogP contribution < -0.4 is 0 Å². The van der Waals surface area contributed by atoms with E-state index in [0.717, 1.165) is 0 Å². The zero-order valence-electron chi connectivity index (χ0n) is 5.59. The molecule has 0 aromatic rings. The molecule has 0 rings (SSSR count). The second-order valence-electron chi connectivity index (χ2n) is 2.16. The minimum absolute atomic E-state index is 0.322. The maximum absolute atomic E-state index is 9.17. The molecule has 0 amide bonds. The summed E-state index contributed by atoms with van der Waals surface area (Å²) in [4.78, 5) is 0. The molecule has 0 spiro atoms. The Hall–Kier alpha value is -0.600. The summed E-state index contributed by atoms with van der Waals surface area (Å²) in [5, 5.41) is 17.7. The fourth-order valence-corrected chi connectivity index (χ4v) is 0.321. The lowest BCUT2D eigenvalue weighted by atomic mass is 9.99. The van der Waals surface area contributed by atoms with Crippen molar-refractivity contribution in [2.75, 3.05) is 6.61 Å². The molecule has 1 atom stereocenters. The van der Waals surface area contributed by atoms with Gasteiger partial charge in [0.05, 0.1) is 6.61 Å². The fraction of sp³-hybridized carbons (Fsp3) is 0.429. The number of hydrogen-bond acceptors (Lipinski definition) is 2. The highest BCUT2D eigenvalue weighted by Crippen LogP contribution is 2.13. The second kappa shape index (κ2) is 2.80. The third kappa shape index (κ3) is 2.00. The first-order valence-corrected chi connectivity index (χ1v) is 2.69. The fourth-order valence-electron chi connectivity index (χ4n) is 0.321. The van der Waals surface area contributed by atoms with Crippen molar-refractivity contribution in [2.45, 2.75) is 12.5 Å². The van der Waals surface area contributed by atoms with E-state index in [1.807, 2.05) is 0 Å². The van der Waals surface area contributed by atoms with Crippen LogP contribution in [0.2, 0.25) is 0 Å². The summed E-state index contributed by atoms with van der Waals surface area (Å²) in [5.41, 5.74) is -0.771. The van der Waals surface area contributed by atoms with E-state index in [1.54, 1.807) is 0 Å². The van der Waals surface area contributed by atoms with E-state index in [9.17, 15) is 5.11 Å². The summed E-state index contributed by atoms with van der Waals surface area (Å²) in [6, 6.07) is 0.